The molecule has 1 saturated heterocycles. The standard InChI is InChI=1S/C31H28Cl2N2O7S/c1-18-3-11-23(12-4-18)43(40,41)42-22-9-6-20(7-10-22)28(36)17-34(29(37)25-14-8-21(32)16-27(25)33)35-30(38)24-13-5-19(2)15-26(24)31(35)39/h3-4,6-12,14,16,19,24,26H,5,13,15,17H2,1-2H3/t19-,24-,26+/m1/s1. The van der Waals surface area contributed by atoms with Crippen LogP contribution in [0.4, 0.5) is 0 Å². The minimum Gasteiger partial charge on any atom is -0.379 e. The Morgan fingerprint density at radius 2 is 1.58 bits per heavy atom. The molecule has 2 fully saturated rings. The fraction of sp³-hybridized carbons (Fsp3) is 0.290. The van der Waals surface area contributed by atoms with E-state index in [0.29, 0.717) is 12.8 Å². The molecule has 0 radical (unpaired) electrons. The SMILES string of the molecule is Cc1ccc(S(=O)(=O)Oc2ccc(C(=O)CN(C(=O)c3ccc(Cl)cc3Cl)N3C(=O)[C@H]4C[C@H](C)CC[C@H]4C3=O)cc2)cc1. The third kappa shape index (κ3) is 6.32. The van der Waals surface area contributed by atoms with Gasteiger partial charge in [-0.05, 0) is 86.7 Å². The van der Waals surface area contributed by atoms with Crippen molar-refractivity contribution < 1.29 is 31.8 Å². The fourth-order valence-electron chi connectivity index (χ4n) is 5.45. The molecule has 1 saturated carbocycles. The van der Waals surface area contributed by atoms with Crippen molar-refractivity contribution in [2.75, 3.05) is 6.54 Å². The predicted molar refractivity (Wildman–Crippen MR) is 159 cm³/mol. The number of Topliss-reactive ketones (excluding diaryl/α,β-unsaturated/α-hetero) is 1. The van der Waals surface area contributed by atoms with Gasteiger partial charge in [-0.3, -0.25) is 19.2 Å². The van der Waals surface area contributed by atoms with E-state index in [1.54, 1.807) is 12.1 Å². The Kier molecular flexibility index (Phi) is 8.65. The van der Waals surface area contributed by atoms with Crippen molar-refractivity contribution in [3.8, 4) is 5.75 Å². The van der Waals surface area contributed by atoms with Crippen molar-refractivity contribution in [3.05, 3.63) is 93.5 Å². The molecule has 12 heteroatoms. The van der Waals surface area contributed by atoms with Gasteiger partial charge in [0, 0.05) is 10.6 Å². The number of carbonyl (C=O) groups excluding carboxylic acids is 4. The highest BCUT2D eigenvalue weighted by molar-refractivity contribution is 7.87. The molecule has 224 valence electrons. The lowest BCUT2D eigenvalue weighted by Crippen LogP contribution is -2.52. The summed E-state index contributed by atoms with van der Waals surface area (Å²) in [5.74, 6) is -3.40. The molecule has 5 rings (SSSR count). The smallest absolute Gasteiger partial charge is 0.339 e. The first-order valence-electron chi connectivity index (χ1n) is 13.6. The zero-order valence-electron chi connectivity index (χ0n) is 23.3. The number of amides is 3. The lowest BCUT2D eigenvalue weighted by Gasteiger charge is -2.30. The fourth-order valence-corrected chi connectivity index (χ4v) is 6.87. The first-order chi connectivity index (χ1) is 20.4. The van der Waals surface area contributed by atoms with Crippen LogP contribution < -0.4 is 4.18 Å². The highest BCUT2D eigenvalue weighted by Gasteiger charge is 2.53. The van der Waals surface area contributed by atoms with Gasteiger partial charge in [-0.15, -0.1) is 0 Å². The summed E-state index contributed by atoms with van der Waals surface area (Å²) < 4.78 is 30.5. The molecule has 0 spiro atoms. The number of hydrazine groups is 1. The van der Waals surface area contributed by atoms with Gasteiger partial charge in [0.1, 0.15) is 17.2 Å². The molecule has 0 unspecified atom stereocenters. The van der Waals surface area contributed by atoms with E-state index in [1.165, 1.54) is 54.6 Å². The zero-order valence-corrected chi connectivity index (χ0v) is 25.7. The normalized spacial score (nSPS) is 20.1. The first kappa shape index (κ1) is 30.7. The molecule has 2 aliphatic rings. The average Bonchev–Trinajstić information content (AvgIpc) is 3.20. The Balaban J connectivity index is 1.41. The van der Waals surface area contributed by atoms with E-state index in [9.17, 15) is 27.6 Å². The second-order valence-corrected chi connectivity index (χ2v) is 13.3. The van der Waals surface area contributed by atoms with Gasteiger partial charge in [0.2, 0.25) is 0 Å². The maximum absolute atomic E-state index is 13.8. The highest BCUT2D eigenvalue weighted by atomic mass is 35.5. The predicted octanol–water partition coefficient (Wildman–Crippen LogP) is 5.73. The van der Waals surface area contributed by atoms with Gasteiger partial charge < -0.3 is 4.18 Å². The van der Waals surface area contributed by atoms with E-state index >= 15 is 0 Å². The number of benzene rings is 3. The minimum absolute atomic E-state index is 0.00336. The largest absolute Gasteiger partial charge is 0.379 e. The van der Waals surface area contributed by atoms with Crippen LogP contribution in [0.5, 0.6) is 5.75 Å². The maximum atomic E-state index is 13.8. The van der Waals surface area contributed by atoms with E-state index in [0.717, 1.165) is 22.0 Å². The summed E-state index contributed by atoms with van der Waals surface area (Å²) in [5, 5.41) is 1.92. The number of hydrogen-bond donors (Lipinski definition) is 0. The van der Waals surface area contributed by atoms with Crippen LogP contribution >= 0.6 is 23.2 Å². The molecule has 3 atom stereocenters. The van der Waals surface area contributed by atoms with Crippen molar-refractivity contribution >= 4 is 56.8 Å². The number of hydrogen-bond acceptors (Lipinski definition) is 7. The summed E-state index contributed by atoms with van der Waals surface area (Å²) >= 11 is 12.3. The molecule has 43 heavy (non-hydrogen) atoms. The van der Waals surface area contributed by atoms with Crippen molar-refractivity contribution in [2.45, 2.75) is 38.0 Å². The highest BCUT2D eigenvalue weighted by Crippen LogP contribution is 2.41. The first-order valence-corrected chi connectivity index (χ1v) is 15.8. The second-order valence-electron chi connectivity index (χ2n) is 10.9. The van der Waals surface area contributed by atoms with E-state index in [1.807, 2.05) is 13.8 Å². The number of halogens is 2. The van der Waals surface area contributed by atoms with Crippen molar-refractivity contribution in [1.29, 1.82) is 0 Å². The molecule has 3 amide bonds. The summed E-state index contributed by atoms with van der Waals surface area (Å²) in [6.45, 7) is 3.19. The van der Waals surface area contributed by atoms with E-state index in [4.69, 9.17) is 27.4 Å². The van der Waals surface area contributed by atoms with E-state index in [-0.39, 0.29) is 37.7 Å². The Bertz CT molecular complexity index is 1710. The number of ketones is 1. The summed E-state index contributed by atoms with van der Waals surface area (Å²) in [6, 6.07) is 15.6. The van der Waals surface area contributed by atoms with E-state index < -0.39 is 52.0 Å². The third-order valence-corrected chi connectivity index (χ3v) is 9.60. The number of carbonyl (C=O) groups is 4. The third-order valence-electron chi connectivity index (χ3n) is 7.79. The molecule has 9 nitrogen and oxygen atoms in total. The van der Waals surface area contributed by atoms with Gasteiger partial charge in [-0.2, -0.15) is 13.4 Å². The molecule has 0 bridgehead atoms. The Morgan fingerprint density at radius 3 is 2.23 bits per heavy atom. The number of rotatable bonds is 8. The van der Waals surface area contributed by atoms with Crippen LogP contribution in [0.15, 0.2) is 71.6 Å². The molecule has 3 aromatic carbocycles. The molecule has 0 N–H and O–H groups in total. The average molecular weight is 644 g/mol. The summed E-state index contributed by atoms with van der Waals surface area (Å²) in [5.41, 5.74) is 0.955. The van der Waals surface area contributed by atoms with Crippen LogP contribution in [-0.4, -0.2) is 48.5 Å². The Hall–Kier alpha value is -3.73. The lowest BCUT2D eigenvalue weighted by molar-refractivity contribution is -0.154. The second kappa shape index (κ2) is 12.1. The van der Waals surface area contributed by atoms with Crippen LogP contribution in [0.1, 0.15) is 52.5 Å². The van der Waals surface area contributed by atoms with Crippen LogP contribution in [0.3, 0.4) is 0 Å². The van der Waals surface area contributed by atoms with Crippen molar-refractivity contribution in [2.24, 2.45) is 17.8 Å². The number of fused-ring (bicyclic) bond motifs is 1. The van der Waals surface area contributed by atoms with Gasteiger partial charge in [0.15, 0.2) is 5.78 Å². The number of nitrogens with zero attached hydrogens (tertiary/aromatic N) is 2. The number of aryl methyl sites for hydroxylation is 1. The van der Waals surface area contributed by atoms with Gasteiger partial charge >= 0.3 is 10.1 Å². The summed E-state index contributed by atoms with van der Waals surface area (Å²) in [7, 11) is -4.11. The van der Waals surface area contributed by atoms with Crippen LogP contribution in [0.2, 0.25) is 10.0 Å². The Labute approximate surface area is 259 Å². The summed E-state index contributed by atoms with van der Waals surface area (Å²) in [4.78, 5) is 54.2. The van der Waals surface area contributed by atoms with Crippen LogP contribution in [0.25, 0.3) is 0 Å². The summed E-state index contributed by atoms with van der Waals surface area (Å²) in [6.07, 6.45) is 1.80. The molecule has 1 heterocycles. The number of imide groups is 1. The van der Waals surface area contributed by atoms with Crippen LogP contribution in [0, 0.1) is 24.7 Å². The maximum Gasteiger partial charge on any atom is 0.339 e. The van der Waals surface area contributed by atoms with Crippen molar-refractivity contribution in [3.63, 3.8) is 0 Å². The van der Waals surface area contributed by atoms with Gasteiger partial charge in [0.25, 0.3) is 17.7 Å². The van der Waals surface area contributed by atoms with Gasteiger partial charge in [-0.1, -0.05) is 47.8 Å². The molecule has 1 aliphatic heterocycles. The molecule has 0 aromatic heterocycles. The molecular weight excluding hydrogens is 615 g/mol. The lowest BCUT2D eigenvalue weighted by atomic mass is 9.76. The quantitative estimate of drug-likeness (QED) is 0.175. The molecule has 3 aromatic rings. The Morgan fingerprint density at radius 1 is 0.930 bits per heavy atom. The monoisotopic (exact) mass is 642 g/mol. The van der Waals surface area contributed by atoms with Gasteiger partial charge in [0.05, 0.1) is 22.4 Å². The zero-order chi connectivity index (χ0) is 31.1. The molecule has 1 aliphatic carbocycles. The minimum atomic E-state index is -4.11. The molecular formula is C31H28Cl2N2O7S. The van der Waals surface area contributed by atoms with Gasteiger partial charge in [-0.25, -0.2) is 5.01 Å². The van der Waals surface area contributed by atoms with E-state index in [2.05, 4.69) is 0 Å². The van der Waals surface area contributed by atoms with Crippen LogP contribution in [-0.2, 0) is 19.7 Å². The topological polar surface area (TPSA) is 118 Å². The van der Waals surface area contributed by atoms with Crippen molar-refractivity contribution in [1.82, 2.24) is 10.0 Å².